The minimum Gasteiger partial charge on any atom is -0.351 e. The Bertz CT molecular complexity index is 1030. The molecule has 1 aliphatic heterocycles. The van der Waals surface area contributed by atoms with Gasteiger partial charge in [0, 0.05) is 25.3 Å². The van der Waals surface area contributed by atoms with Gasteiger partial charge in [0.1, 0.15) is 10.7 Å². The number of hydrogen-bond donors (Lipinski definition) is 1. The number of rotatable bonds is 4. The number of anilines is 1. The highest BCUT2D eigenvalue weighted by molar-refractivity contribution is 7.90. The molecule has 0 radical (unpaired) electrons. The zero-order valence-electron chi connectivity index (χ0n) is 17.1. The number of nitrogens with one attached hydrogen (secondary N) is 1. The Labute approximate surface area is 166 Å². The van der Waals surface area contributed by atoms with Crippen LogP contribution in [0.15, 0.2) is 23.2 Å². The number of amides is 1. The minimum absolute atomic E-state index is 0.0314. The summed E-state index contributed by atoms with van der Waals surface area (Å²) in [5.41, 5.74) is 0.894. The number of carbonyl (C=O) groups is 1. The molecule has 1 N–H and O–H groups in total. The van der Waals surface area contributed by atoms with Gasteiger partial charge in [-0.1, -0.05) is 6.92 Å². The van der Waals surface area contributed by atoms with E-state index in [2.05, 4.69) is 40.5 Å². The van der Waals surface area contributed by atoms with Crippen molar-refractivity contribution >= 4 is 21.7 Å². The third-order valence-electron chi connectivity index (χ3n) is 5.30. The van der Waals surface area contributed by atoms with E-state index in [1.807, 2.05) is 0 Å². The first-order valence-corrected chi connectivity index (χ1v) is 10.7. The predicted molar refractivity (Wildman–Crippen MR) is 107 cm³/mol. The number of pyridine rings is 1. The van der Waals surface area contributed by atoms with Gasteiger partial charge in [-0.2, -0.15) is 5.10 Å². The summed E-state index contributed by atoms with van der Waals surface area (Å²) in [5.74, 6) is 0.266. The second-order valence-corrected chi connectivity index (χ2v) is 9.78. The van der Waals surface area contributed by atoms with Gasteiger partial charge in [-0.05, 0) is 52.2 Å². The zero-order chi connectivity index (χ0) is 20.9. The van der Waals surface area contributed by atoms with Crippen molar-refractivity contribution in [2.45, 2.75) is 51.5 Å². The minimum atomic E-state index is -4.06. The van der Waals surface area contributed by atoms with Crippen LogP contribution in [0.3, 0.4) is 0 Å². The maximum Gasteiger partial charge on any atom is 0.268 e. The number of nitrogens with zero attached hydrogens (tertiary/aromatic N) is 4. The van der Waals surface area contributed by atoms with Crippen molar-refractivity contribution in [1.29, 1.82) is 0 Å². The van der Waals surface area contributed by atoms with Gasteiger partial charge in [-0.3, -0.25) is 9.48 Å². The summed E-state index contributed by atoms with van der Waals surface area (Å²) < 4.78 is 29.4. The molecule has 0 spiro atoms. The highest BCUT2D eigenvalue weighted by Gasteiger charge is 2.39. The van der Waals surface area contributed by atoms with Crippen LogP contribution in [0.25, 0.3) is 0 Å². The number of sulfonamides is 1. The van der Waals surface area contributed by atoms with Gasteiger partial charge < -0.3 is 4.90 Å². The van der Waals surface area contributed by atoms with Crippen LogP contribution >= 0.6 is 0 Å². The first-order valence-electron chi connectivity index (χ1n) is 9.24. The second-order valence-electron chi connectivity index (χ2n) is 8.17. The number of carbonyl (C=O) groups excluding carboxylic acids is 1. The van der Waals surface area contributed by atoms with E-state index in [1.54, 1.807) is 39.2 Å². The highest BCUT2D eigenvalue weighted by Crippen LogP contribution is 2.37. The van der Waals surface area contributed by atoms with Crippen LogP contribution in [0.2, 0.25) is 0 Å². The lowest BCUT2D eigenvalue weighted by atomic mass is 9.97. The van der Waals surface area contributed by atoms with Gasteiger partial charge in [-0.15, -0.1) is 0 Å². The van der Waals surface area contributed by atoms with Crippen LogP contribution in [-0.4, -0.2) is 41.2 Å². The van der Waals surface area contributed by atoms with Crippen LogP contribution < -0.4 is 9.62 Å². The van der Waals surface area contributed by atoms with E-state index in [0.29, 0.717) is 23.1 Å². The molecule has 1 fully saturated rings. The van der Waals surface area contributed by atoms with Crippen LogP contribution in [0.1, 0.15) is 48.9 Å². The molecule has 1 atom stereocenters. The molecule has 28 heavy (non-hydrogen) atoms. The summed E-state index contributed by atoms with van der Waals surface area (Å²) in [6, 6.07) is 3.24. The van der Waals surface area contributed by atoms with Crippen molar-refractivity contribution in [2.24, 2.45) is 13.0 Å². The molecular weight excluding hydrogens is 378 g/mol. The molecule has 1 aliphatic rings. The molecule has 0 unspecified atom stereocenters. The van der Waals surface area contributed by atoms with Gasteiger partial charge in [0.25, 0.3) is 15.9 Å². The van der Waals surface area contributed by atoms with Crippen molar-refractivity contribution in [2.75, 3.05) is 11.4 Å². The third kappa shape index (κ3) is 3.50. The average molecular weight is 406 g/mol. The molecule has 0 bridgehead atoms. The van der Waals surface area contributed by atoms with Gasteiger partial charge in [0.05, 0.1) is 17.0 Å². The smallest absolute Gasteiger partial charge is 0.268 e. The Morgan fingerprint density at radius 3 is 2.54 bits per heavy atom. The predicted octanol–water partition coefficient (Wildman–Crippen LogP) is 2.18. The van der Waals surface area contributed by atoms with Crippen molar-refractivity contribution in [3.05, 3.63) is 35.3 Å². The molecule has 3 heterocycles. The SMILES string of the molecule is Cc1nn(C)c(C)c1S(=O)(=O)NC(=O)c1cccnc1N1C[C@@H](C)CC1(C)C. The first-order chi connectivity index (χ1) is 12.9. The van der Waals surface area contributed by atoms with E-state index in [9.17, 15) is 13.2 Å². The topological polar surface area (TPSA) is 97.2 Å². The molecule has 3 rings (SSSR count). The Morgan fingerprint density at radius 2 is 2.00 bits per heavy atom. The van der Waals surface area contributed by atoms with E-state index in [-0.39, 0.29) is 16.0 Å². The fourth-order valence-corrected chi connectivity index (χ4v) is 5.53. The van der Waals surface area contributed by atoms with Crippen LogP contribution in [0, 0.1) is 19.8 Å². The Morgan fingerprint density at radius 1 is 1.32 bits per heavy atom. The van der Waals surface area contributed by atoms with E-state index in [0.717, 1.165) is 13.0 Å². The molecule has 8 nitrogen and oxygen atoms in total. The Hall–Kier alpha value is -2.42. The summed E-state index contributed by atoms with van der Waals surface area (Å²) in [6.07, 6.45) is 2.59. The summed E-state index contributed by atoms with van der Waals surface area (Å²) in [7, 11) is -2.39. The van der Waals surface area contributed by atoms with Crippen molar-refractivity contribution in [3.63, 3.8) is 0 Å². The molecule has 9 heteroatoms. The summed E-state index contributed by atoms with van der Waals surface area (Å²) >= 11 is 0. The zero-order valence-corrected chi connectivity index (χ0v) is 18.0. The van der Waals surface area contributed by atoms with E-state index < -0.39 is 15.9 Å². The van der Waals surface area contributed by atoms with Crippen LogP contribution in [0.4, 0.5) is 5.82 Å². The Balaban J connectivity index is 1.96. The number of aryl methyl sites for hydroxylation is 2. The third-order valence-corrected chi connectivity index (χ3v) is 6.88. The van der Waals surface area contributed by atoms with Gasteiger partial charge in [0.2, 0.25) is 0 Å². The van der Waals surface area contributed by atoms with Crippen molar-refractivity contribution in [1.82, 2.24) is 19.5 Å². The maximum absolute atomic E-state index is 12.9. The van der Waals surface area contributed by atoms with Gasteiger partial charge in [-0.25, -0.2) is 18.1 Å². The summed E-state index contributed by atoms with van der Waals surface area (Å²) in [4.78, 5) is 19.5. The largest absolute Gasteiger partial charge is 0.351 e. The maximum atomic E-state index is 12.9. The van der Waals surface area contributed by atoms with Gasteiger partial charge >= 0.3 is 0 Å². The lowest BCUT2D eigenvalue weighted by molar-refractivity contribution is 0.0981. The Kier molecular flexibility index (Phi) is 4.99. The second kappa shape index (κ2) is 6.88. The standard InChI is InChI=1S/C19H27N5O3S/c1-12-10-19(4,5)24(11-12)17-15(8-7-9-20-17)18(25)22-28(26,27)16-13(2)21-23(6)14(16)3/h7-9,12H,10-11H2,1-6H3,(H,22,25)/t12-/m0/s1. The lowest BCUT2D eigenvalue weighted by Gasteiger charge is -2.33. The molecule has 152 valence electrons. The van der Waals surface area contributed by atoms with Gasteiger partial charge in [0.15, 0.2) is 0 Å². The molecule has 0 aliphatic carbocycles. The molecular formula is C19H27N5O3S. The quantitative estimate of drug-likeness (QED) is 0.837. The number of aromatic nitrogens is 3. The molecule has 1 saturated heterocycles. The normalized spacial score (nSPS) is 19.1. The molecule has 0 aromatic carbocycles. The summed E-state index contributed by atoms with van der Waals surface area (Å²) in [6.45, 7) is 10.4. The summed E-state index contributed by atoms with van der Waals surface area (Å²) in [5, 5.41) is 4.13. The number of hydrogen-bond acceptors (Lipinski definition) is 6. The monoisotopic (exact) mass is 405 g/mol. The van der Waals surface area contributed by atoms with Crippen molar-refractivity contribution in [3.8, 4) is 0 Å². The lowest BCUT2D eigenvalue weighted by Crippen LogP contribution is -2.41. The van der Waals surface area contributed by atoms with Crippen LogP contribution in [0.5, 0.6) is 0 Å². The molecule has 2 aromatic heterocycles. The fraction of sp³-hybridized carbons (Fsp3) is 0.526. The van der Waals surface area contributed by atoms with E-state index in [1.165, 1.54) is 4.68 Å². The van der Waals surface area contributed by atoms with E-state index in [4.69, 9.17) is 0 Å². The molecule has 0 saturated carbocycles. The molecule has 2 aromatic rings. The average Bonchev–Trinajstić information content (AvgIpc) is 3.00. The van der Waals surface area contributed by atoms with Crippen LogP contribution in [-0.2, 0) is 17.1 Å². The van der Waals surface area contributed by atoms with Crippen molar-refractivity contribution < 1.29 is 13.2 Å². The first kappa shape index (κ1) is 20.3. The fourth-order valence-electron chi connectivity index (χ4n) is 4.12. The highest BCUT2D eigenvalue weighted by atomic mass is 32.2. The van der Waals surface area contributed by atoms with E-state index >= 15 is 0 Å². The molecule has 1 amide bonds.